The number of carboxylic acids is 1. The molecule has 0 aliphatic carbocycles. The summed E-state index contributed by atoms with van der Waals surface area (Å²) in [7, 11) is -3.91. The summed E-state index contributed by atoms with van der Waals surface area (Å²) in [6.45, 7) is 0.897. The molecule has 26 heavy (non-hydrogen) atoms. The van der Waals surface area contributed by atoms with E-state index in [1.807, 2.05) is 0 Å². The number of piperazine rings is 1. The maximum atomic E-state index is 13.9. The molecule has 0 bridgehead atoms. The normalized spacial score (nSPS) is 15.8. The van der Waals surface area contributed by atoms with Crippen LogP contribution in [0.25, 0.3) is 0 Å². The zero-order valence-corrected chi connectivity index (χ0v) is 14.5. The van der Waals surface area contributed by atoms with Crippen LogP contribution in [0.4, 0.5) is 10.1 Å². The zero-order valence-electron chi connectivity index (χ0n) is 13.7. The van der Waals surface area contributed by atoms with Gasteiger partial charge in [0.1, 0.15) is 17.1 Å². The van der Waals surface area contributed by atoms with E-state index in [-0.39, 0.29) is 23.8 Å². The molecule has 0 saturated carbocycles. The Morgan fingerprint density at radius 3 is 2.31 bits per heavy atom. The number of nitrogens with zero attached hydrogens (tertiary/aromatic N) is 2. The van der Waals surface area contributed by atoms with Crippen LogP contribution in [-0.4, -0.2) is 55.1 Å². The van der Waals surface area contributed by atoms with Crippen molar-refractivity contribution in [2.45, 2.75) is 4.90 Å². The highest BCUT2D eigenvalue weighted by Gasteiger charge is 2.30. The first-order valence-corrected chi connectivity index (χ1v) is 9.30. The molecule has 1 aliphatic rings. The van der Waals surface area contributed by atoms with Crippen molar-refractivity contribution in [1.82, 2.24) is 4.31 Å². The van der Waals surface area contributed by atoms with E-state index in [0.717, 1.165) is 12.1 Å². The first-order valence-electron chi connectivity index (χ1n) is 7.86. The lowest BCUT2D eigenvalue weighted by atomic mass is 10.2. The summed E-state index contributed by atoms with van der Waals surface area (Å²) in [5.41, 5.74) is -0.0570. The van der Waals surface area contributed by atoms with Crippen molar-refractivity contribution in [3.63, 3.8) is 0 Å². The monoisotopic (exact) mass is 380 g/mol. The van der Waals surface area contributed by atoms with Crippen molar-refractivity contribution in [3.8, 4) is 5.75 Å². The fourth-order valence-electron chi connectivity index (χ4n) is 2.87. The Labute approximate surface area is 150 Å². The van der Waals surface area contributed by atoms with Crippen molar-refractivity contribution in [1.29, 1.82) is 0 Å². The van der Waals surface area contributed by atoms with E-state index in [1.54, 1.807) is 23.1 Å². The smallest absolute Gasteiger partial charge is 0.339 e. The Kier molecular flexibility index (Phi) is 4.84. The van der Waals surface area contributed by atoms with Crippen LogP contribution in [0, 0.1) is 5.82 Å². The minimum atomic E-state index is -3.91. The Morgan fingerprint density at radius 2 is 1.69 bits per heavy atom. The van der Waals surface area contributed by atoms with E-state index in [9.17, 15) is 22.7 Å². The SMILES string of the molecule is O=C(O)c1cc(S(=O)(=O)N2CCN(c3ccccc3F)CC2)ccc1O. The van der Waals surface area contributed by atoms with E-state index in [4.69, 9.17) is 5.11 Å². The summed E-state index contributed by atoms with van der Waals surface area (Å²) < 4.78 is 40.6. The molecule has 0 radical (unpaired) electrons. The number of aromatic hydroxyl groups is 1. The molecular formula is C17H17FN2O5S. The maximum absolute atomic E-state index is 13.9. The highest BCUT2D eigenvalue weighted by Crippen LogP contribution is 2.26. The highest BCUT2D eigenvalue weighted by molar-refractivity contribution is 7.89. The third-order valence-electron chi connectivity index (χ3n) is 4.27. The van der Waals surface area contributed by atoms with Crippen molar-refractivity contribution in [2.24, 2.45) is 0 Å². The predicted molar refractivity (Wildman–Crippen MR) is 92.4 cm³/mol. The number of anilines is 1. The molecular weight excluding hydrogens is 363 g/mol. The van der Waals surface area contributed by atoms with Gasteiger partial charge in [-0.2, -0.15) is 4.31 Å². The molecule has 1 saturated heterocycles. The summed E-state index contributed by atoms with van der Waals surface area (Å²) in [6.07, 6.45) is 0. The number of carboxylic acid groups (broad SMARTS) is 1. The molecule has 2 aromatic rings. The lowest BCUT2D eigenvalue weighted by Crippen LogP contribution is -2.48. The number of halogens is 1. The van der Waals surface area contributed by atoms with Gasteiger partial charge < -0.3 is 15.1 Å². The molecule has 9 heteroatoms. The standard InChI is InChI=1S/C17H17FN2O5S/c18-14-3-1-2-4-15(14)19-7-9-20(10-8-19)26(24,25)12-5-6-16(21)13(11-12)17(22)23/h1-6,11,21H,7-10H2,(H,22,23). The average molecular weight is 380 g/mol. The quantitative estimate of drug-likeness (QED) is 0.839. The first-order chi connectivity index (χ1) is 12.3. The molecule has 1 fully saturated rings. The summed E-state index contributed by atoms with van der Waals surface area (Å²) >= 11 is 0. The number of sulfonamides is 1. The number of phenols is 1. The topological polar surface area (TPSA) is 98.1 Å². The van der Waals surface area contributed by atoms with Crippen LogP contribution in [-0.2, 0) is 10.0 Å². The molecule has 3 rings (SSSR count). The molecule has 0 amide bonds. The summed E-state index contributed by atoms with van der Waals surface area (Å²) in [4.78, 5) is 12.7. The molecule has 1 aliphatic heterocycles. The molecule has 7 nitrogen and oxygen atoms in total. The molecule has 0 spiro atoms. The Bertz CT molecular complexity index is 940. The lowest BCUT2D eigenvalue weighted by molar-refractivity contribution is 0.0693. The van der Waals surface area contributed by atoms with Gasteiger partial charge in [0, 0.05) is 26.2 Å². The van der Waals surface area contributed by atoms with Crippen molar-refractivity contribution >= 4 is 21.7 Å². The van der Waals surface area contributed by atoms with Gasteiger partial charge in [0.2, 0.25) is 10.0 Å². The summed E-state index contributed by atoms with van der Waals surface area (Å²) in [6, 6.07) is 9.44. The third-order valence-corrected chi connectivity index (χ3v) is 6.16. The van der Waals surface area contributed by atoms with E-state index >= 15 is 0 Å². The van der Waals surface area contributed by atoms with Gasteiger partial charge in [-0.15, -0.1) is 0 Å². The van der Waals surface area contributed by atoms with Gasteiger partial charge in [0.05, 0.1) is 10.6 Å². The largest absolute Gasteiger partial charge is 0.507 e. The molecule has 0 unspecified atom stereocenters. The van der Waals surface area contributed by atoms with Crippen LogP contribution in [0.1, 0.15) is 10.4 Å². The number of aromatic carboxylic acids is 1. The first kappa shape index (κ1) is 18.2. The zero-order chi connectivity index (χ0) is 18.9. The van der Waals surface area contributed by atoms with E-state index in [2.05, 4.69) is 0 Å². The van der Waals surface area contributed by atoms with Crippen molar-refractivity contribution in [2.75, 3.05) is 31.1 Å². The second kappa shape index (κ2) is 6.93. The maximum Gasteiger partial charge on any atom is 0.339 e. The average Bonchev–Trinajstić information content (AvgIpc) is 2.62. The van der Waals surface area contributed by atoms with Crippen LogP contribution in [0.5, 0.6) is 5.75 Å². The second-order valence-corrected chi connectivity index (χ2v) is 7.76. The Balaban J connectivity index is 1.79. The summed E-state index contributed by atoms with van der Waals surface area (Å²) in [5, 5.41) is 18.6. The predicted octanol–water partition coefficient (Wildman–Crippen LogP) is 1.74. The third kappa shape index (κ3) is 3.35. The van der Waals surface area contributed by atoms with Gasteiger partial charge in [-0.3, -0.25) is 0 Å². The van der Waals surface area contributed by atoms with E-state index in [1.165, 1.54) is 16.4 Å². The minimum Gasteiger partial charge on any atom is -0.507 e. The number of para-hydroxylation sites is 1. The van der Waals surface area contributed by atoms with Crippen LogP contribution >= 0.6 is 0 Å². The van der Waals surface area contributed by atoms with Crippen LogP contribution < -0.4 is 4.90 Å². The van der Waals surface area contributed by atoms with Crippen molar-refractivity contribution < 1.29 is 27.8 Å². The van der Waals surface area contributed by atoms with Gasteiger partial charge in [-0.05, 0) is 30.3 Å². The van der Waals surface area contributed by atoms with Crippen LogP contribution in [0.3, 0.4) is 0 Å². The lowest BCUT2D eigenvalue weighted by Gasteiger charge is -2.35. The fraction of sp³-hybridized carbons (Fsp3) is 0.235. The molecule has 1 heterocycles. The highest BCUT2D eigenvalue weighted by atomic mass is 32.2. The Morgan fingerprint density at radius 1 is 1.04 bits per heavy atom. The molecule has 2 N–H and O–H groups in total. The van der Waals surface area contributed by atoms with E-state index < -0.39 is 27.3 Å². The molecule has 0 atom stereocenters. The van der Waals surface area contributed by atoms with E-state index in [0.29, 0.717) is 18.8 Å². The van der Waals surface area contributed by atoms with Gasteiger partial charge in [-0.25, -0.2) is 17.6 Å². The second-order valence-electron chi connectivity index (χ2n) is 5.83. The number of hydrogen-bond donors (Lipinski definition) is 2. The fourth-order valence-corrected chi connectivity index (χ4v) is 4.32. The van der Waals surface area contributed by atoms with Gasteiger partial charge in [0.15, 0.2) is 0 Å². The van der Waals surface area contributed by atoms with Crippen LogP contribution in [0.2, 0.25) is 0 Å². The van der Waals surface area contributed by atoms with Crippen LogP contribution in [0.15, 0.2) is 47.4 Å². The van der Waals surface area contributed by atoms with Gasteiger partial charge in [0.25, 0.3) is 0 Å². The molecule has 2 aromatic carbocycles. The minimum absolute atomic E-state index is 0.139. The number of rotatable bonds is 4. The van der Waals surface area contributed by atoms with Gasteiger partial charge in [-0.1, -0.05) is 12.1 Å². The summed E-state index contributed by atoms with van der Waals surface area (Å²) in [5.74, 6) is -2.28. The van der Waals surface area contributed by atoms with Gasteiger partial charge >= 0.3 is 5.97 Å². The molecule has 138 valence electrons. The number of benzene rings is 2. The molecule has 0 aromatic heterocycles. The number of carbonyl (C=O) groups is 1. The Hall–Kier alpha value is -2.65. The van der Waals surface area contributed by atoms with Crippen molar-refractivity contribution in [3.05, 3.63) is 53.8 Å². The number of hydrogen-bond acceptors (Lipinski definition) is 5.